The molecule has 15 heavy (non-hydrogen) atoms. The lowest BCUT2D eigenvalue weighted by atomic mass is 10.1. The fourth-order valence-corrected chi connectivity index (χ4v) is 1.74. The minimum absolute atomic E-state index is 0.0876. The number of rotatable bonds is 1. The Morgan fingerprint density at radius 3 is 2.67 bits per heavy atom. The molecule has 2 aromatic rings. The van der Waals surface area contributed by atoms with Gasteiger partial charge >= 0.3 is 0 Å². The molecule has 2 rings (SSSR count). The molecule has 0 saturated carbocycles. The van der Waals surface area contributed by atoms with Gasteiger partial charge in [-0.2, -0.15) is 5.10 Å². The van der Waals surface area contributed by atoms with Crippen molar-refractivity contribution in [2.75, 3.05) is 0 Å². The first-order valence-corrected chi connectivity index (χ1v) is 5.00. The van der Waals surface area contributed by atoms with Gasteiger partial charge in [0.2, 0.25) is 0 Å². The molecule has 0 fully saturated rings. The lowest BCUT2D eigenvalue weighted by Gasteiger charge is -2.06. The Balaban J connectivity index is 2.79. The summed E-state index contributed by atoms with van der Waals surface area (Å²) in [5.74, 6) is -0.154. The van der Waals surface area contributed by atoms with E-state index in [0.29, 0.717) is 5.69 Å². The second-order valence-corrected chi connectivity index (χ2v) is 4.09. The summed E-state index contributed by atoms with van der Waals surface area (Å²) in [7, 11) is 1.82. The van der Waals surface area contributed by atoms with Crippen LogP contribution >= 0.6 is 0 Å². The van der Waals surface area contributed by atoms with Crippen molar-refractivity contribution in [2.24, 2.45) is 7.05 Å². The Hall–Kier alpha value is -1.45. The second-order valence-electron chi connectivity index (χ2n) is 4.09. The highest BCUT2D eigenvalue weighted by Crippen LogP contribution is 2.22. The van der Waals surface area contributed by atoms with E-state index < -0.39 is 0 Å². The molecule has 0 aliphatic carbocycles. The van der Waals surface area contributed by atoms with Crippen LogP contribution in [0.1, 0.15) is 31.2 Å². The molecule has 3 nitrogen and oxygen atoms in total. The minimum Gasteiger partial charge on any atom is -0.250 e. The largest absolute Gasteiger partial charge is 0.250 e. The summed E-state index contributed by atoms with van der Waals surface area (Å²) in [5, 5.41) is 5.01. The normalized spacial score (nSPS) is 11.6. The van der Waals surface area contributed by atoms with Crippen LogP contribution in [0.15, 0.2) is 6.07 Å². The predicted molar refractivity (Wildman–Crippen MR) is 57.3 cm³/mol. The average Bonchev–Trinajstić information content (AvgIpc) is 2.41. The third-order valence-corrected chi connectivity index (χ3v) is 2.53. The third-order valence-electron chi connectivity index (χ3n) is 2.53. The maximum atomic E-state index is 13.7. The Morgan fingerprint density at radius 1 is 1.40 bits per heavy atom. The molecule has 0 N–H and O–H groups in total. The third kappa shape index (κ3) is 1.50. The molecule has 0 unspecified atom stereocenters. The fraction of sp³-hybridized carbons (Fsp3) is 0.455. The summed E-state index contributed by atoms with van der Waals surface area (Å²) in [6.45, 7) is 5.72. The van der Waals surface area contributed by atoms with Crippen molar-refractivity contribution in [3.63, 3.8) is 0 Å². The van der Waals surface area contributed by atoms with Crippen LogP contribution in [-0.2, 0) is 7.05 Å². The molecular formula is C11H14FN3. The van der Waals surface area contributed by atoms with Crippen molar-refractivity contribution < 1.29 is 4.39 Å². The van der Waals surface area contributed by atoms with Crippen LogP contribution in [0.5, 0.6) is 0 Å². The van der Waals surface area contributed by atoms with Gasteiger partial charge in [0.15, 0.2) is 5.65 Å². The van der Waals surface area contributed by atoms with Gasteiger partial charge in [0, 0.05) is 12.4 Å². The lowest BCUT2D eigenvalue weighted by molar-refractivity contribution is 0.587. The van der Waals surface area contributed by atoms with Crippen LogP contribution in [0.4, 0.5) is 4.39 Å². The quantitative estimate of drug-likeness (QED) is 0.719. The first kappa shape index (κ1) is 10.1. The Kier molecular flexibility index (Phi) is 2.21. The van der Waals surface area contributed by atoms with Gasteiger partial charge in [0.05, 0.1) is 11.4 Å². The summed E-state index contributed by atoms with van der Waals surface area (Å²) < 4.78 is 15.4. The number of nitrogens with zero attached hydrogens (tertiary/aromatic N) is 3. The Bertz CT molecular complexity index is 514. The van der Waals surface area contributed by atoms with Gasteiger partial charge < -0.3 is 0 Å². The van der Waals surface area contributed by atoms with Gasteiger partial charge in [0.25, 0.3) is 0 Å². The van der Waals surface area contributed by atoms with E-state index in [1.54, 1.807) is 4.68 Å². The van der Waals surface area contributed by atoms with E-state index in [-0.39, 0.29) is 11.7 Å². The highest BCUT2D eigenvalue weighted by Gasteiger charge is 2.14. The van der Waals surface area contributed by atoms with Crippen LogP contribution in [0.3, 0.4) is 0 Å². The number of halogens is 1. The number of aryl methyl sites for hydroxylation is 2. The van der Waals surface area contributed by atoms with Gasteiger partial charge in [-0.3, -0.25) is 4.68 Å². The number of aromatic nitrogens is 3. The van der Waals surface area contributed by atoms with Crippen LogP contribution in [-0.4, -0.2) is 14.8 Å². The maximum absolute atomic E-state index is 13.7. The van der Waals surface area contributed by atoms with Gasteiger partial charge in [-0.05, 0) is 18.9 Å². The summed E-state index contributed by atoms with van der Waals surface area (Å²) in [5.41, 5.74) is 2.07. The average molecular weight is 207 g/mol. The number of fused-ring (bicyclic) bond motifs is 1. The van der Waals surface area contributed by atoms with E-state index >= 15 is 0 Å². The number of hydrogen-bond acceptors (Lipinski definition) is 2. The molecule has 80 valence electrons. The molecule has 0 saturated heterocycles. The van der Waals surface area contributed by atoms with E-state index in [9.17, 15) is 4.39 Å². The van der Waals surface area contributed by atoms with Crippen LogP contribution < -0.4 is 0 Å². The lowest BCUT2D eigenvalue weighted by Crippen LogP contribution is -2.00. The SMILES string of the molecule is Cc1nn(C)c2nc(C(C)C)c(F)cc12. The van der Waals surface area contributed by atoms with E-state index in [4.69, 9.17) is 0 Å². The highest BCUT2D eigenvalue weighted by molar-refractivity contribution is 5.78. The zero-order chi connectivity index (χ0) is 11.2. The molecular weight excluding hydrogens is 193 g/mol. The van der Waals surface area contributed by atoms with Crippen molar-refractivity contribution in [1.82, 2.24) is 14.8 Å². The predicted octanol–water partition coefficient (Wildman–Crippen LogP) is 2.54. The zero-order valence-corrected chi connectivity index (χ0v) is 9.37. The Labute approximate surface area is 87.9 Å². The maximum Gasteiger partial charge on any atom is 0.158 e. The first-order chi connectivity index (χ1) is 7.00. The monoisotopic (exact) mass is 207 g/mol. The topological polar surface area (TPSA) is 30.7 Å². The first-order valence-electron chi connectivity index (χ1n) is 5.00. The molecule has 0 amide bonds. The minimum atomic E-state index is -0.242. The smallest absolute Gasteiger partial charge is 0.158 e. The molecule has 0 aliphatic rings. The summed E-state index contributed by atoms with van der Waals surface area (Å²) in [6.07, 6.45) is 0. The van der Waals surface area contributed by atoms with Crippen molar-refractivity contribution in [3.8, 4) is 0 Å². The fourth-order valence-electron chi connectivity index (χ4n) is 1.74. The standard InChI is InChI=1S/C11H14FN3/c1-6(2)10-9(12)5-8-7(3)14-15(4)11(8)13-10/h5-6H,1-4H3. The second kappa shape index (κ2) is 3.29. The van der Waals surface area contributed by atoms with Crippen molar-refractivity contribution in [1.29, 1.82) is 0 Å². The van der Waals surface area contributed by atoms with E-state index in [0.717, 1.165) is 16.7 Å². The van der Waals surface area contributed by atoms with Gasteiger partial charge in [-0.1, -0.05) is 13.8 Å². The summed E-state index contributed by atoms with van der Waals surface area (Å²) >= 11 is 0. The molecule has 0 spiro atoms. The van der Waals surface area contributed by atoms with Crippen molar-refractivity contribution in [3.05, 3.63) is 23.3 Å². The summed E-state index contributed by atoms with van der Waals surface area (Å²) in [4.78, 5) is 4.32. The van der Waals surface area contributed by atoms with Crippen LogP contribution in [0, 0.1) is 12.7 Å². The number of pyridine rings is 1. The van der Waals surface area contributed by atoms with Gasteiger partial charge in [0.1, 0.15) is 5.82 Å². The molecule has 0 atom stereocenters. The van der Waals surface area contributed by atoms with Gasteiger partial charge in [-0.25, -0.2) is 9.37 Å². The zero-order valence-electron chi connectivity index (χ0n) is 9.37. The van der Waals surface area contributed by atoms with E-state index in [2.05, 4.69) is 10.1 Å². The molecule has 0 aliphatic heterocycles. The van der Waals surface area contributed by atoms with Crippen molar-refractivity contribution in [2.45, 2.75) is 26.7 Å². The molecule has 0 radical (unpaired) electrons. The van der Waals surface area contributed by atoms with Crippen LogP contribution in [0.25, 0.3) is 11.0 Å². The Morgan fingerprint density at radius 2 is 2.07 bits per heavy atom. The molecule has 2 heterocycles. The van der Waals surface area contributed by atoms with Crippen LogP contribution in [0.2, 0.25) is 0 Å². The highest BCUT2D eigenvalue weighted by atomic mass is 19.1. The van der Waals surface area contributed by atoms with E-state index in [1.807, 2.05) is 27.8 Å². The van der Waals surface area contributed by atoms with E-state index in [1.165, 1.54) is 6.07 Å². The van der Waals surface area contributed by atoms with Crippen molar-refractivity contribution >= 4 is 11.0 Å². The molecule has 2 aromatic heterocycles. The molecule has 4 heteroatoms. The molecule has 0 bridgehead atoms. The van der Waals surface area contributed by atoms with Gasteiger partial charge in [-0.15, -0.1) is 0 Å². The molecule has 0 aromatic carbocycles. The summed E-state index contributed by atoms with van der Waals surface area (Å²) in [6, 6.07) is 1.53. The number of hydrogen-bond donors (Lipinski definition) is 0.